The molecule has 1 aromatic carbocycles. The molecule has 0 bridgehead atoms. The van der Waals surface area contributed by atoms with Crippen LogP contribution < -0.4 is 10.2 Å². The molecule has 2 N–H and O–H groups in total. The van der Waals surface area contributed by atoms with E-state index < -0.39 is 21.8 Å². The molecule has 0 saturated carbocycles. The molecule has 192 valence electrons. The predicted octanol–water partition coefficient (Wildman–Crippen LogP) is 2.48. The fourth-order valence-electron chi connectivity index (χ4n) is 4.25. The summed E-state index contributed by atoms with van der Waals surface area (Å²) in [5.41, 5.74) is -2.58. The highest BCUT2D eigenvalue weighted by Gasteiger charge is 2.51. The Morgan fingerprint density at radius 3 is 2.46 bits per heavy atom. The maximum atomic E-state index is 13.3. The molecule has 2 fully saturated rings. The monoisotopic (exact) mass is 531 g/mol. The van der Waals surface area contributed by atoms with Crippen molar-refractivity contribution >= 4 is 32.8 Å². The van der Waals surface area contributed by atoms with Gasteiger partial charge in [-0.25, -0.2) is 8.42 Å². The molecule has 2 aliphatic heterocycles. The molecule has 1 aromatic rings. The van der Waals surface area contributed by atoms with Gasteiger partial charge in [-0.2, -0.15) is 17.5 Å². The first-order valence-electron chi connectivity index (χ1n) is 11.3. The molecule has 35 heavy (non-hydrogen) atoms. The molecular weight excluding hydrogens is 503 g/mol. The average molecular weight is 532 g/mol. The number of alkyl halides is 3. The van der Waals surface area contributed by atoms with Crippen molar-refractivity contribution in [3.63, 3.8) is 0 Å². The van der Waals surface area contributed by atoms with Crippen LogP contribution in [-0.2, 0) is 20.4 Å². The topological polar surface area (TPSA) is 82.1 Å². The number of hydrogen-bond donors (Lipinski definition) is 2. The second-order valence-corrected chi connectivity index (χ2v) is 11.5. The Hall–Kier alpha value is -1.83. The zero-order valence-electron chi connectivity index (χ0n) is 19.2. The van der Waals surface area contributed by atoms with Crippen molar-refractivity contribution in [1.29, 1.82) is 0 Å². The van der Waals surface area contributed by atoms with Gasteiger partial charge in [-0.1, -0.05) is 36.5 Å². The van der Waals surface area contributed by atoms with Gasteiger partial charge in [0.1, 0.15) is 0 Å². The van der Waals surface area contributed by atoms with Crippen LogP contribution in [0.5, 0.6) is 0 Å². The van der Waals surface area contributed by atoms with Crippen LogP contribution in [0.2, 0.25) is 0 Å². The Bertz CT molecular complexity index is 1110. The summed E-state index contributed by atoms with van der Waals surface area (Å²) < 4.78 is 73.0. The summed E-state index contributed by atoms with van der Waals surface area (Å²) in [7, 11) is -3.78. The van der Waals surface area contributed by atoms with Crippen molar-refractivity contribution in [3.8, 4) is 0 Å². The summed E-state index contributed by atoms with van der Waals surface area (Å²) in [4.78, 5) is 2.50. The van der Waals surface area contributed by atoms with E-state index in [1.165, 1.54) is 34.6 Å². The normalized spacial score (nSPS) is 24.1. The maximum Gasteiger partial charge on any atom is 0.421 e. The Morgan fingerprint density at radius 2 is 1.89 bits per heavy atom. The van der Waals surface area contributed by atoms with E-state index in [1.54, 1.807) is 6.08 Å². The van der Waals surface area contributed by atoms with E-state index in [-0.39, 0.29) is 35.6 Å². The molecule has 0 aromatic heterocycles. The number of ether oxygens (including phenoxy) is 1. The fourth-order valence-corrected chi connectivity index (χ4v) is 6.32. The Balaban J connectivity index is 1.56. The molecule has 3 aliphatic rings. The van der Waals surface area contributed by atoms with Gasteiger partial charge in [0.05, 0.1) is 30.2 Å². The lowest BCUT2D eigenvalue weighted by Crippen LogP contribution is -2.60. The number of aliphatic hydroxyl groups is 1. The van der Waals surface area contributed by atoms with Crippen LogP contribution in [0.1, 0.15) is 18.9 Å². The number of rotatable bonds is 7. The molecule has 0 amide bonds. The second kappa shape index (κ2) is 9.91. The molecule has 12 heteroatoms. The fraction of sp³-hybridized carbons (Fsp3) is 0.522. The predicted molar refractivity (Wildman–Crippen MR) is 131 cm³/mol. The molecule has 2 atom stereocenters. The van der Waals surface area contributed by atoms with E-state index in [2.05, 4.69) is 5.32 Å². The van der Waals surface area contributed by atoms with Crippen molar-refractivity contribution in [2.45, 2.75) is 37.2 Å². The lowest BCUT2D eigenvalue weighted by molar-refractivity contribution is -0.258. The number of nitrogens with one attached hydrogen (secondary N) is 1. The van der Waals surface area contributed by atoms with Gasteiger partial charge in [0, 0.05) is 43.2 Å². The molecule has 1 aliphatic carbocycles. The molecule has 7 nitrogen and oxygen atoms in total. The molecule has 0 unspecified atom stereocenters. The van der Waals surface area contributed by atoms with Crippen molar-refractivity contribution in [2.75, 3.05) is 44.3 Å². The van der Waals surface area contributed by atoms with Gasteiger partial charge in [0.25, 0.3) is 0 Å². The highest BCUT2D eigenvalue weighted by Crippen LogP contribution is 2.39. The standard InChI is InChI=1S/C23H28F3N3O4S2/c1-22(30,23(24,25)26)16-6-8-18(9-7-16)29-11-10-28(13-19(29)12-27-17-14-33-15-17)35(31,32)21-5-3-2-4-20(21)34/h2-3,5-9,17,19,27,30H,4,10-15H2,1H3/t19-,22-/m0/s1. The van der Waals surface area contributed by atoms with Gasteiger partial charge in [0.2, 0.25) is 10.0 Å². The van der Waals surface area contributed by atoms with Crippen LogP contribution in [0.15, 0.2) is 47.4 Å². The maximum absolute atomic E-state index is 13.3. The van der Waals surface area contributed by atoms with Gasteiger partial charge in [-0.3, -0.25) is 0 Å². The highest BCUT2D eigenvalue weighted by molar-refractivity contribution is 7.96. The third kappa shape index (κ3) is 5.32. The van der Waals surface area contributed by atoms with E-state index >= 15 is 0 Å². The van der Waals surface area contributed by atoms with Crippen LogP contribution in [0.3, 0.4) is 0 Å². The number of anilines is 1. The Labute approximate surface area is 208 Å². The van der Waals surface area contributed by atoms with Crippen molar-refractivity contribution < 1.29 is 31.4 Å². The van der Waals surface area contributed by atoms with Gasteiger partial charge in [-0.15, -0.1) is 0 Å². The first-order chi connectivity index (χ1) is 16.4. The number of thiocarbonyl (C=S) groups is 1. The number of benzene rings is 1. The molecule has 4 rings (SSSR count). The summed E-state index contributed by atoms with van der Waals surface area (Å²) in [5.74, 6) is 0. The molecule has 2 heterocycles. The van der Waals surface area contributed by atoms with Crippen molar-refractivity contribution in [1.82, 2.24) is 9.62 Å². The summed E-state index contributed by atoms with van der Waals surface area (Å²) in [6.07, 6.45) is 0.618. The van der Waals surface area contributed by atoms with E-state index in [1.807, 2.05) is 11.0 Å². The van der Waals surface area contributed by atoms with E-state index in [0.717, 1.165) is 6.92 Å². The Kier molecular flexibility index (Phi) is 7.43. The van der Waals surface area contributed by atoms with Gasteiger partial charge in [0.15, 0.2) is 5.60 Å². The second-order valence-electron chi connectivity index (χ2n) is 9.06. The highest BCUT2D eigenvalue weighted by atomic mass is 32.2. The quantitative estimate of drug-likeness (QED) is 0.524. The third-order valence-electron chi connectivity index (χ3n) is 6.62. The smallest absolute Gasteiger partial charge is 0.378 e. The number of hydrogen-bond acceptors (Lipinski definition) is 7. The molecule has 0 spiro atoms. The van der Waals surface area contributed by atoms with Crippen molar-refractivity contribution in [2.24, 2.45) is 0 Å². The van der Waals surface area contributed by atoms with E-state index in [0.29, 0.717) is 43.3 Å². The first-order valence-corrected chi connectivity index (χ1v) is 13.1. The lowest BCUT2D eigenvalue weighted by Gasteiger charge is -2.43. The van der Waals surface area contributed by atoms with E-state index in [9.17, 15) is 26.7 Å². The zero-order valence-corrected chi connectivity index (χ0v) is 20.8. The molecule has 0 radical (unpaired) electrons. The number of piperazine rings is 1. The summed E-state index contributed by atoms with van der Waals surface area (Å²) in [6.45, 7) is 3.07. The number of sulfonamides is 1. The lowest BCUT2D eigenvalue weighted by atomic mass is 9.95. The minimum absolute atomic E-state index is 0.140. The minimum atomic E-state index is -4.81. The van der Waals surface area contributed by atoms with Crippen LogP contribution >= 0.6 is 12.2 Å². The first kappa shape index (κ1) is 26.2. The van der Waals surface area contributed by atoms with Crippen LogP contribution in [0.4, 0.5) is 18.9 Å². The largest absolute Gasteiger partial charge is 0.421 e. The summed E-state index contributed by atoms with van der Waals surface area (Å²) in [6, 6.07) is 5.47. The number of halogens is 3. The zero-order chi connectivity index (χ0) is 25.4. The minimum Gasteiger partial charge on any atom is -0.378 e. The van der Waals surface area contributed by atoms with E-state index in [4.69, 9.17) is 17.0 Å². The third-order valence-corrected chi connectivity index (χ3v) is 9.08. The molecule has 2 saturated heterocycles. The molecular formula is C23H28F3N3O4S2. The average Bonchev–Trinajstić information content (AvgIpc) is 2.77. The van der Waals surface area contributed by atoms with Gasteiger partial charge < -0.3 is 20.1 Å². The van der Waals surface area contributed by atoms with Crippen LogP contribution in [0, 0.1) is 0 Å². The number of allylic oxidation sites excluding steroid dienone is 4. The Morgan fingerprint density at radius 1 is 1.20 bits per heavy atom. The van der Waals surface area contributed by atoms with Crippen molar-refractivity contribution in [3.05, 3.63) is 53.0 Å². The number of nitrogens with zero attached hydrogens (tertiary/aromatic N) is 2. The van der Waals surface area contributed by atoms with Crippen LogP contribution in [0.25, 0.3) is 0 Å². The summed E-state index contributed by atoms with van der Waals surface area (Å²) in [5, 5.41) is 13.3. The van der Waals surface area contributed by atoms with Gasteiger partial charge in [-0.05, 0) is 30.7 Å². The van der Waals surface area contributed by atoms with Gasteiger partial charge >= 0.3 is 6.18 Å². The van der Waals surface area contributed by atoms with Crippen LogP contribution in [-0.4, -0.2) is 80.3 Å². The summed E-state index contributed by atoms with van der Waals surface area (Å²) >= 11 is 5.29. The SMILES string of the molecule is C[C@](O)(c1ccc(N2CCN(S(=O)(=O)C3=CC=CCC3=S)C[C@@H]2CNC2COC2)cc1)C(F)(F)F.